The number of nitrogens with two attached hydrogens (primary N) is 1. The van der Waals surface area contributed by atoms with Gasteiger partial charge < -0.3 is 26.0 Å². The number of amides is 3. The lowest BCUT2D eigenvalue weighted by atomic mass is 9.97. The Kier molecular flexibility index (Phi) is 7.18. The SMILES string of the molecule is Cc1cc(CN)cc(C2(NC(=O)[C@@H]3C[C@]4(C)C[C@@H]4N3C(=O)CNC(=O)CCCOc3ccccc3)CC2)c1. The van der Waals surface area contributed by atoms with Crippen LogP contribution < -0.4 is 21.1 Å². The highest BCUT2D eigenvalue weighted by Crippen LogP contribution is 2.59. The molecule has 1 saturated heterocycles. The Morgan fingerprint density at radius 3 is 2.58 bits per heavy atom. The van der Waals surface area contributed by atoms with Gasteiger partial charge in [-0.25, -0.2) is 0 Å². The summed E-state index contributed by atoms with van der Waals surface area (Å²) < 4.78 is 5.62. The van der Waals surface area contributed by atoms with Crippen LogP contribution >= 0.6 is 0 Å². The number of hydrogen-bond acceptors (Lipinski definition) is 5. The molecule has 5 rings (SSSR count). The first-order valence-corrected chi connectivity index (χ1v) is 13.6. The number of para-hydroxylation sites is 1. The molecule has 1 heterocycles. The quantitative estimate of drug-likeness (QED) is 0.396. The molecule has 202 valence electrons. The number of hydrogen-bond donors (Lipinski definition) is 3. The van der Waals surface area contributed by atoms with Gasteiger partial charge in [-0.3, -0.25) is 14.4 Å². The maximum absolute atomic E-state index is 13.5. The smallest absolute Gasteiger partial charge is 0.243 e. The van der Waals surface area contributed by atoms with Gasteiger partial charge in [0, 0.05) is 19.0 Å². The summed E-state index contributed by atoms with van der Waals surface area (Å²) in [7, 11) is 0. The van der Waals surface area contributed by atoms with Gasteiger partial charge in [-0.1, -0.05) is 48.9 Å². The summed E-state index contributed by atoms with van der Waals surface area (Å²) in [5, 5.41) is 6.03. The fourth-order valence-corrected chi connectivity index (χ4v) is 5.84. The normalized spacial score (nSPS) is 24.3. The lowest BCUT2D eigenvalue weighted by Gasteiger charge is -2.29. The van der Waals surface area contributed by atoms with E-state index >= 15 is 0 Å². The third kappa shape index (κ3) is 5.55. The minimum atomic E-state index is -0.515. The summed E-state index contributed by atoms with van der Waals surface area (Å²) in [4.78, 5) is 40.8. The molecule has 8 nitrogen and oxygen atoms in total. The Balaban J connectivity index is 1.14. The fourth-order valence-electron chi connectivity index (χ4n) is 5.84. The number of piperidine rings is 1. The van der Waals surface area contributed by atoms with E-state index in [1.807, 2.05) is 37.3 Å². The van der Waals surface area contributed by atoms with Gasteiger partial charge in [0.1, 0.15) is 11.8 Å². The molecule has 2 saturated carbocycles. The zero-order valence-corrected chi connectivity index (χ0v) is 22.3. The number of benzene rings is 2. The Hall–Kier alpha value is -3.39. The molecule has 1 aliphatic heterocycles. The number of nitrogens with zero attached hydrogens (tertiary/aromatic N) is 1. The summed E-state index contributed by atoms with van der Waals surface area (Å²) in [5.41, 5.74) is 8.73. The van der Waals surface area contributed by atoms with E-state index < -0.39 is 6.04 Å². The number of aryl methyl sites for hydroxylation is 1. The van der Waals surface area contributed by atoms with Crippen molar-refractivity contribution in [3.63, 3.8) is 0 Å². The lowest BCUT2D eigenvalue weighted by molar-refractivity contribution is -0.140. The number of ether oxygens (including phenoxy) is 1. The Morgan fingerprint density at radius 1 is 1.11 bits per heavy atom. The van der Waals surface area contributed by atoms with Crippen LogP contribution in [0.2, 0.25) is 0 Å². The molecule has 0 spiro atoms. The highest BCUT2D eigenvalue weighted by molar-refractivity contribution is 5.92. The summed E-state index contributed by atoms with van der Waals surface area (Å²) >= 11 is 0. The van der Waals surface area contributed by atoms with E-state index in [4.69, 9.17) is 10.5 Å². The van der Waals surface area contributed by atoms with Crippen molar-refractivity contribution in [2.75, 3.05) is 13.2 Å². The highest BCUT2D eigenvalue weighted by atomic mass is 16.5. The average Bonchev–Trinajstić information content (AvgIpc) is 3.81. The van der Waals surface area contributed by atoms with Gasteiger partial charge >= 0.3 is 0 Å². The minimum Gasteiger partial charge on any atom is -0.494 e. The van der Waals surface area contributed by atoms with Gasteiger partial charge in [0.2, 0.25) is 17.7 Å². The molecule has 2 aromatic rings. The van der Waals surface area contributed by atoms with Crippen LogP contribution in [0.1, 0.15) is 62.1 Å². The van der Waals surface area contributed by atoms with E-state index in [1.165, 1.54) is 0 Å². The third-order valence-electron chi connectivity index (χ3n) is 8.26. The van der Waals surface area contributed by atoms with Crippen LogP contribution in [0.15, 0.2) is 48.5 Å². The molecule has 0 bridgehead atoms. The van der Waals surface area contributed by atoms with Crippen LogP contribution in [-0.4, -0.2) is 47.9 Å². The molecule has 8 heteroatoms. The number of carbonyl (C=O) groups is 3. The standard InChI is InChI=1S/C30H38N4O4/c1-20-13-21(18-31)15-22(14-20)30(10-11-30)33-28(37)24-16-29(2)17-25(29)34(24)27(36)19-32-26(35)9-6-12-38-23-7-4-3-5-8-23/h3-5,7-8,13-15,24-25H,6,9-12,16-19,31H2,1-2H3,(H,32,35)(H,33,37)/t24-,25-,29+/m0/s1. The molecule has 3 aliphatic rings. The van der Waals surface area contributed by atoms with E-state index in [0.29, 0.717) is 26.0 Å². The summed E-state index contributed by atoms with van der Waals surface area (Å²) in [6.45, 7) is 4.96. The van der Waals surface area contributed by atoms with Crippen LogP contribution in [0, 0.1) is 12.3 Å². The van der Waals surface area contributed by atoms with Crippen molar-refractivity contribution in [3.8, 4) is 5.75 Å². The van der Waals surface area contributed by atoms with Gasteiger partial charge in [-0.15, -0.1) is 0 Å². The van der Waals surface area contributed by atoms with Crippen molar-refractivity contribution in [1.82, 2.24) is 15.5 Å². The van der Waals surface area contributed by atoms with Crippen molar-refractivity contribution >= 4 is 17.7 Å². The third-order valence-corrected chi connectivity index (χ3v) is 8.26. The van der Waals surface area contributed by atoms with Crippen LogP contribution in [0.3, 0.4) is 0 Å². The predicted octanol–water partition coefficient (Wildman–Crippen LogP) is 2.91. The molecule has 4 N–H and O–H groups in total. The number of fused-ring (bicyclic) bond motifs is 1. The van der Waals surface area contributed by atoms with Crippen LogP contribution in [-0.2, 0) is 26.5 Å². The van der Waals surface area contributed by atoms with Gasteiger partial charge in [0.05, 0.1) is 18.7 Å². The second kappa shape index (κ2) is 10.4. The Morgan fingerprint density at radius 2 is 1.87 bits per heavy atom. The Bertz CT molecular complexity index is 1210. The van der Waals surface area contributed by atoms with Crippen molar-refractivity contribution in [2.24, 2.45) is 11.1 Å². The molecule has 3 amide bonds. The van der Waals surface area contributed by atoms with Crippen molar-refractivity contribution in [3.05, 3.63) is 65.2 Å². The highest BCUT2D eigenvalue weighted by Gasteiger charge is 2.64. The zero-order valence-electron chi connectivity index (χ0n) is 22.3. The Labute approximate surface area is 224 Å². The molecule has 2 aliphatic carbocycles. The van der Waals surface area contributed by atoms with E-state index in [-0.39, 0.29) is 47.7 Å². The molecule has 2 aromatic carbocycles. The maximum atomic E-state index is 13.5. The van der Waals surface area contributed by atoms with Crippen LogP contribution in [0.4, 0.5) is 0 Å². The van der Waals surface area contributed by atoms with Crippen molar-refractivity contribution in [1.29, 1.82) is 0 Å². The summed E-state index contributed by atoms with van der Waals surface area (Å²) in [5.74, 6) is 0.269. The molecular formula is C30H38N4O4. The first kappa shape index (κ1) is 26.2. The van der Waals surface area contributed by atoms with Crippen molar-refractivity contribution < 1.29 is 19.1 Å². The maximum Gasteiger partial charge on any atom is 0.243 e. The molecule has 3 atom stereocenters. The van der Waals surface area contributed by atoms with E-state index in [1.54, 1.807) is 4.90 Å². The molecule has 0 unspecified atom stereocenters. The molecule has 3 fully saturated rings. The average molecular weight is 519 g/mol. The summed E-state index contributed by atoms with van der Waals surface area (Å²) in [6.07, 6.45) is 4.12. The van der Waals surface area contributed by atoms with E-state index in [2.05, 4.69) is 35.8 Å². The minimum absolute atomic E-state index is 0.0246. The van der Waals surface area contributed by atoms with Crippen LogP contribution in [0.5, 0.6) is 5.75 Å². The zero-order chi connectivity index (χ0) is 26.9. The van der Waals surface area contributed by atoms with Gasteiger partial charge in [-0.05, 0) is 67.7 Å². The van der Waals surface area contributed by atoms with Crippen molar-refractivity contribution in [2.45, 2.75) is 76.5 Å². The molecule has 0 aromatic heterocycles. The molecular weight excluding hydrogens is 480 g/mol. The van der Waals surface area contributed by atoms with Gasteiger partial charge in [0.25, 0.3) is 0 Å². The lowest BCUT2D eigenvalue weighted by Crippen LogP contribution is -2.52. The largest absolute Gasteiger partial charge is 0.494 e. The van der Waals surface area contributed by atoms with E-state index in [9.17, 15) is 14.4 Å². The fraction of sp³-hybridized carbons (Fsp3) is 0.500. The van der Waals surface area contributed by atoms with Gasteiger partial charge in [-0.2, -0.15) is 0 Å². The number of carbonyl (C=O) groups excluding carboxylic acids is 3. The topological polar surface area (TPSA) is 114 Å². The molecule has 0 radical (unpaired) electrons. The summed E-state index contributed by atoms with van der Waals surface area (Å²) in [6, 6.07) is 15.3. The number of rotatable bonds is 11. The van der Waals surface area contributed by atoms with Crippen LogP contribution in [0.25, 0.3) is 0 Å². The first-order chi connectivity index (χ1) is 18.2. The first-order valence-electron chi connectivity index (χ1n) is 13.6. The number of likely N-dealkylation sites (tertiary alicyclic amines) is 1. The monoisotopic (exact) mass is 518 g/mol. The van der Waals surface area contributed by atoms with Gasteiger partial charge in [0.15, 0.2) is 0 Å². The second-order valence-electron chi connectivity index (χ2n) is 11.4. The molecule has 38 heavy (non-hydrogen) atoms. The second-order valence-corrected chi connectivity index (χ2v) is 11.4. The predicted molar refractivity (Wildman–Crippen MR) is 144 cm³/mol. The number of nitrogens with one attached hydrogen (secondary N) is 2. The van der Waals surface area contributed by atoms with E-state index in [0.717, 1.165) is 41.7 Å².